The fourth-order valence-electron chi connectivity index (χ4n) is 2.54. The lowest BCUT2D eigenvalue weighted by molar-refractivity contribution is -0.116. The minimum atomic E-state index is -0.568. The Bertz CT molecular complexity index is 857. The molecule has 27 heavy (non-hydrogen) atoms. The van der Waals surface area contributed by atoms with E-state index in [1.807, 2.05) is 13.0 Å². The highest BCUT2D eigenvalue weighted by Crippen LogP contribution is 2.22. The third-order valence-corrected chi connectivity index (χ3v) is 3.93. The van der Waals surface area contributed by atoms with E-state index < -0.39 is 11.9 Å². The van der Waals surface area contributed by atoms with Crippen LogP contribution >= 0.6 is 0 Å². The quantitative estimate of drug-likeness (QED) is 0.564. The zero-order valence-electron chi connectivity index (χ0n) is 15.9. The molecule has 2 rings (SSSR count). The van der Waals surface area contributed by atoms with Crippen LogP contribution in [0.3, 0.4) is 0 Å². The average molecular weight is 373 g/mol. The van der Waals surface area contributed by atoms with Gasteiger partial charge in [-0.15, -0.1) is 0 Å². The van der Waals surface area contributed by atoms with Gasteiger partial charge in [0.25, 0.3) is 0 Å². The van der Waals surface area contributed by atoms with Crippen LogP contribution in [0, 0.1) is 6.92 Å². The largest absolute Gasteiger partial charge is 0.496 e. The summed E-state index contributed by atoms with van der Waals surface area (Å²) in [5.41, 5.74) is 1.54. The van der Waals surface area contributed by atoms with Gasteiger partial charge in [0.1, 0.15) is 17.1 Å². The summed E-state index contributed by atoms with van der Waals surface area (Å²) in [5.74, 6) is -0.451. The predicted octanol–water partition coefficient (Wildman–Crippen LogP) is 2.52. The molecule has 0 saturated carbocycles. The number of amides is 1. The van der Waals surface area contributed by atoms with Crippen LogP contribution in [0.25, 0.3) is 0 Å². The van der Waals surface area contributed by atoms with Crippen LogP contribution in [-0.4, -0.2) is 41.2 Å². The van der Waals surface area contributed by atoms with E-state index in [2.05, 4.69) is 10.4 Å². The molecule has 0 aliphatic rings. The van der Waals surface area contributed by atoms with Crippen molar-refractivity contribution in [2.45, 2.75) is 26.7 Å². The molecule has 0 atom stereocenters. The summed E-state index contributed by atoms with van der Waals surface area (Å²) >= 11 is 0. The van der Waals surface area contributed by atoms with Crippen molar-refractivity contribution in [3.63, 3.8) is 0 Å². The van der Waals surface area contributed by atoms with E-state index in [1.54, 1.807) is 26.1 Å². The molecule has 8 heteroatoms. The smallest absolute Gasteiger partial charge is 0.343 e. The molecule has 0 fully saturated rings. The lowest BCUT2D eigenvalue weighted by Crippen LogP contribution is -2.18. The second kappa shape index (κ2) is 8.98. The fourth-order valence-corrected chi connectivity index (χ4v) is 2.54. The van der Waals surface area contributed by atoms with Crippen LogP contribution in [0.4, 0.5) is 5.82 Å². The first-order chi connectivity index (χ1) is 12.9. The predicted molar refractivity (Wildman–Crippen MR) is 99.1 cm³/mol. The molecule has 0 spiro atoms. The number of esters is 1. The minimum Gasteiger partial charge on any atom is -0.496 e. The highest BCUT2D eigenvalue weighted by atomic mass is 16.5. The van der Waals surface area contributed by atoms with Crippen molar-refractivity contribution in [1.29, 1.82) is 0 Å². The second-order valence-electron chi connectivity index (χ2n) is 5.93. The van der Waals surface area contributed by atoms with Crippen molar-refractivity contribution in [3.8, 4) is 5.75 Å². The lowest BCUT2D eigenvalue weighted by Gasteiger charge is -2.10. The maximum absolute atomic E-state index is 12.5. The third-order valence-electron chi connectivity index (χ3n) is 3.93. The van der Waals surface area contributed by atoms with Crippen molar-refractivity contribution in [2.24, 2.45) is 7.05 Å². The molecule has 0 radical (unpaired) electrons. The molecule has 144 valence electrons. The van der Waals surface area contributed by atoms with Gasteiger partial charge in [-0.05, 0) is 26.0 Å². The number of carbonyl (C=O) groups is 3. The number of aromatic nitrogens is 2. The molecule has 0 aliphatic heterocycles. The van der Waals surface area contributed by atoms with Gasteiger partial charge in [0.2, 0.25) is 5.91 Å². The van der Waals surface area contributed by atoms with Gasteiger partial charge in [-0.25, -0.2) is 4.79 Å². The summed E-state index contributed by atoms with van der Waals surface area (Å²) in [6.07, 6.45) is 1.30. The van der Waals surface area contributed by atoms with Crippen molar-refractivity contribution < 1.29 is 23.9 Å². The van der Waals surface area contributed by atoms with Crippen LogP contribution in [0.15, 0.2) is 24.4 Å². The Morgan fingerprint density at radius 3 is 2.59 bits per heavy atom. The van der Waals surface area contributed by atoms with Gasteiger partial charge < -0.3 is 14.8 Å². The zero-order chi connectivity index (χ0) is 20.0. The standard InChI is InChI=1S/C19H23N3O5/c1-5-27-19(25)14-11-20-22(3)18(14)21-17(24)9-7-15(23)13-10-12(2)6-8-16(13)26-4/h6,8,10-11H,5,7,9H2,1-4H3,(H,21,24). The molecule has 0 unspecified atom stereocenters. The first kappa shape index (κ1) is 20.2. The molecule has 1 N–H and O–H groups in total. The van der Waals surface area contributed by atoms with E-state index in [1.165, 1.54) is 18.0 Å². The van der Waals surface area contributed by atoms with E-state index >= 15 is 0 Å². The Morgan fingerprint density at radius 1 is 1.19 bits per heavy atom. The van der Waals surface area contributed by atoms with E-state index in [0.717, 1.165) is 5.56 Å². The molecule has 1 aromatic heterocycles. The van der Waals surface area contributed by atoms with Crippen LogP contribution in [-0.2, 0) is 16.6 Å². The third kappa shape index (κ3) is 4.93. The van der Waals surface area contributed by atoms with E-state index in [9.17, 15) is 14.4 Å². The molecule has 0 aliphatic carbocycles. The highest BCUT2D eigenvalue weighted by molar-refractivity contribution is 6.03. The molecule has 8 nitrogen and oxygen atoms in total. The second-order valence-corrected chi connectivity index (χ2v) is 5.93. The molecule has 0 bridgehead atoms. The number of ketones is 1. The van der Waals surface area contributed by atoms with Gasteiger partial charge in [0.05, 0.1) is 25.5 Å². The number of methoxy groups -OCH3 is 1. The first-order valence-electron chi connectivity index (χ1n) is 8.54. The molecule has 1 aromatic carbocycles. The Kier molecular flexibility index (Phi) is 6.70. The summed E-state index contributed by atoms with van der Waals surface area (Å²) in [5, 5.41) is 6.59. The van der Waals surface area contributed by atoms with Crippen molar-refractivity contribution in [3.05, 3.63) is 41.1 Å². The number of aryl methyl sites for hydroxylation is 2. The monoisotopic (exact) mass is 373 g/mol. The number of benzene rings is 1. The average Bonchev–Trinajstić information content (AvgIpc) is 3.00. The molecular weight excluding hydrogens is 350 g/mol. The van der Waals surface area contributed by atoms with Gasteiger partial charge in [0.15, 0.2) is 5.78 Å². The van der Waals surface area contributed by atoms with Crippen LogP contribution in [0.2, 0.25) is 0 Å². The van der Waals surface area contributed by atoms with Crippen LogP contribution < -0.4 is 10.1 Å². The van der Waals surface area contributed by atoms with Crippen LogP contribution in [0.5, 0.6) is 5.75 Å². The van der Waals surface area contributed by atoms with Crippen molar-refractivity contribution in [2.75, 3.05) is 19.0 Å². The number of nitrogens with zero attached hydrogens (tertiary/aromatic N) is 2. The van der Waals surface area contributed by atoms with E-state index in [4.69, 9.17) is 9.47 Å². The number of hydrogen-bond acceptors (Lipinski definition) is 6. The summed E-state index contributed by atoms with van der Waals surface area (Å²) in [7, 11) is 3.09. The Morgan fingerprint density at radius 2 is 1.93 bits per heavy atom. The minimum absolute atomic E-state index is 0.0121. The summed E-state index contributed by atoms with van der Waals surface area (Å²) in [6, 6.07) is 5.31. The zero-order valence-corrected chi connectivity index (χ0v) is 15.9. The molecule has 1 amide bonds. The van der Waals surface area contributed by atoms with Gasteiger partial charge in [0, 0.05) is 19.9 Å². The Labute approximate surface area is 157 Å². The maximum Gasteiger partial charge on any atom is 0.343 e. The van der Waals surface area contributed by atoms with E-state index in [0.29, 0.717) is 11.3 Å². The van der Waals surface area contributed by atoms with Gasteiger partial charge in [-0.3, -0.25) is 14.3 Å². The lowest BCUT2D eigenvalue weighted by atomic mass is 10.0. The number of rotatable bonds is 8. The van der Waals surface area contributed by atoms with Crippen molar-refractivity contribution in [1.82, 2.24) is 9.78 Å². The number of hydrogen-bond donors (Lipinski definition) is 1. The van der Waals surface area contributed by atoms with Crippen molar-refractivity contribution >= 4 is 23.5 Å². The van der Waals surface area contributed by atoms with E-state index in [-0.39, 0.29) is 36.6 Å². The molecule has 0 saturated heterocycles. The Hall–Kier alpha value is -3.16. The SMILES string of the molecule is CCOC(=O)c1cnn(C)c1NC(=O)CCC(=O)c1cc(C)ccc1OC. The maximum atomic E-state index is 12.5. The molecular formula is C19H23N3O5. The number of nitrogens with one attached hydrogen (secondary N) is 1. The van der Waals surface area contributed by atoms with Gasteiger partial charge in [-0.2, -0.15) is 5.10 Å². The normalized spacial score (nSPS) is 10.4. The number of ether oxygens (including phenoxy) is 2. The first-order valence-corrected chi connectivity index (χ1v) is 8.54. The van der Waals surface area contributed by atoms with Crippen LogP contribution in [0.1, 0.15) is 46.0 Å². The molecule has 2 aromatic rings. The summed E-state index contributed by atoms with van der Waals surface area (Å²) in [4.78, 5) is 36.6. The fraction of sp³-hybridized carbons (Fsp3) is 0.368. The van der Waals surface area contributed by atoms with Gasteiger partial charge >= 0.3 is 5.97 Å². The summed E-state index contributed by atoms with van der Waals surface area (Å²) < 4.78 is 11.5. The number of anilines is 1. The summed E-state index contributed by atoms with van der Waals surface area (Å²) in [6.45, 7) is 3.79. The number of Topliss-reactive ketones (excluding diaryl/α,β-unsaturated/α-hetero) is 1. The Balaban J connectivity index is 2.03. The highest BCUT2D eigenvalue weighted by Gasteiger charge is 2.20. The molecule has 1 heterocycles. The number of carbonyl (C=O) groups excluding carboxylic acids is 3. The van der Waals surface area contributed by atoms with Gasteiger partial charge in [-0.1, -0.05) is 11.6 Å². The topological polar surface area (TPSA) is 99.5 Å².